The second kappa shape index (κ2) is 32.6. The molecule has 1 saturated carbocycles. The first-order valence-corrected chi connectivity index (χ1v) is 28.5. The topological polar surface area (TPSA) is 150 Å². The van der Waals surface area contributed by atoms with Crippen LogP contribution in [-0.2, 0) is 71.7 Å². The second-order valence-electron chi connectivity index (χ2n) is 21.4. The summed E-state index contributed by atoms with van der Waals surface area (Å²) in [5.74, 6) is -2.69. The van der Waals surface area contributed by atoms with E-state index < -0.39 is 53.3 Å². The van der Waals surface area contributed by atoms with Gasteiger partial charge in [-0.05, 0) is 171 Å². The SMILES string of the molecule is C=C(C)C(=O)OCCCCc1cc(-c2ccc(-c3c(F)cc(-c4ccc(C5CCC(CCCCC)CC5)cc4)cc3F)cc2CC)cc(CCCOC(=O)C(=C)C)c1OCC(CC)(COC(=O)CCOC)COC(=O)CC(=O)OC. The fraction of sp³-hybridized carbons (Fsp3) is 0.500. The van der Waals surface area contributed by atoms with E-state index in [1.807, 2.05) is 50.2 Å². The van der Waals surface area contributed by atoms with E-state index in [-0.39, 0.29) is 62.8 Å². The Balaban J connectivity index is 1.51. The minimum Gasteiger partial charge on any atom is -0.492 e. The van der Waals surface area contributed by atoms with E-state index in [1.165, 1.54) is 76.2 Å². The van der Waals surface area contributed by atoms with E-state index in [1.54, 1.807) is 19.9 Å². The Kier molecular flexibility index (Phi) is 26.1. The molecule has 0 saturated heterocycles. The van der Waals surface area contributed by atoms with Crippen LogP contribution in [0.2, 0.25) is 0 Å². The van der Waals surface area contributed by atoms with Gasteiger partial charge in [-0.15, -0.1) is 0 Å². The van der Waals surface area contributed by atoms with Crippen molar-refractivity contribution in [1.82, 2.24) is 0 Å². The van der Waals surface area contributed by atoms with E-state index in [9.17, 15) is 24.0 Å². The van der Waals surface area contributed by atoms with Crippen LogP contribution < -0.4 is 4.74 Å². The average Bonchev–Trinajstić information content (AvgIpc) is 3.48. The third-order valence-electron chi connectivity index (χ3n) is 15.1. The maximum Gasteiger partial charge on any atom is 0.333 e. The van der Waals surface area contributed by atoms with Crippen LogP contribution in [0.1, 0.15) is 153 Å². The number of carbonyl (C=O) groups is 5. The third kappa shape index (κ3) is 19.3. The Morgan fingerprint density at radius 3 is 1.76 bits per heavy atom. The molecule has 14 heteroatoms. The summed E-state index contributed by atoms with van der Waals surface area (Å²) in [6.45, 7) is 16.4. The van der Waals surface area contributed by atoms with E-state index in [0.717, 1.165) is 46.4 Å². The monoisotopic (exact) mass is 1110 g/mol. The number of hydrogen-bond acceptors (Lipinski definition) is 12. The summed E-state index contributed by atoms with van der Waals surface area (Å²) in [6, 6.07) is 20.4. The van der Waals surface area contributed by atoms with Crippen molar-refractivity contribution in [2.45, 2.75) is 150 Å². The molecular weight excluding hydrogens is 1020 g/mol. The van der Waals surface area contributed by atoms with Crippen LogP contribution >= 0.6 is 0 Å². The third-order valence-corrected chi connectivity index (χ3v) is 15.1. The highest BCUT2D eigenvalue weighted by Crippen LogP contribution is 2.41. The Hall–Kier alpha value is -6.67. The van der Waals surface area contributed by atoms with Gasteiger partial charge in [-0.25, -0.2) is 18.4 Å². The van der Waals surface area contributed by atoms with Crippen molar-refractivity contribution in [3.8, 4) is 39.1 Å². The molecule has 5 rings (SSSR count). The molecule has 1 aliphatic carbocycles. The molecule has 80 heavy (non-hydrogen) atoms. The van der Waals surface area contributed by atoms with Crippen molar-refractivity contribution < 1.29 is 65.9 Å². The lowest BCUT2D eigenvalue weighted by atomic mass is 9.77. The highest BCUT2D eigenvalue weighted by Gasteiger charge is 2.35. The minimum atomic E-state index is -1.10. The van der Waals surface area contributed by atoms with Gasteiger partial charge in [0.1, 0.15) is 43.6 Å². The molecule has 0 heterocycles. The zero-order valence-electron chi connectivity index (χ0n) is 48.3. The number of aryl methyl sites for hydroxylation is 3. The molecule has 0 bridgehead atoms. The predicted molar refractivity (Wildman–Crippen MR) is 307 cm³/mol. The number of rotatable bonds is 33. The fourth-order valence-electron chi connectivity index (χ4n) is 10.1. The molecular formula is C66H84F2O12. The molecule has 0 N–H and O–H groups in total. The van der Waals surface area contributed by atoms with E-state index in [0.29, 0.717) is 67.7 Å². The van der Waals surface area contributed by atoms with Gasteiger partial charge in [0.05, 0.1) is 44.3 Å². The largest absolute Gasteiger partial charge is 0.492 e. The highest BCUT2D eigenvalue weighted by atomic mass is 19.1. The molecule has 0 aliphatic heterocycles. The lowest BCUT2D eigenvalue weighted by molar-refractivity contribution is -0.159. The van der Waals surface area contributed by atoms with Crippen molar-refractivity contribution in [3.63, 3.8) is 0 Å². The standard InChI is InChI=1S/C66H84F2O12/c1-10-13-14-18-46-21-23-48(24-22-46)49-25-27-50(28-26-49)54-38-57(67)62(58(68)39-54)51-29-30-56(47(11-2)35-51)55-36-52(19-15-16-32-76-64(72)44(4)5)63(53(37-55)20-17-33-77-65(73)45(6)7)80-43-66(12-3,41-78-59(69)31-34-74-8)42-79-61(71)40-60(70)75-9/h25-30,35-39,46,48H,4,6,10-24,31-34,40-43H2,1-3,5,7-9H3. The van der Waals surface area contributed by atoms with E-state index in [4.69, 9.17) is 28.4 Å². The molecule has 4 aromatic rings. The number of benzene rings is 4. The van der Waals surface area contributed by atoms with Gasteiger partial charge in [-0.3, -0.25) is 14.4 Å². The van der Waals surface area contributed by atoms with E-state index >= 15 is 8.78 Å². The van der Waals surface area contributed by atoms with Crippen molar-refractivity contribution in [3.05, 3.63) is 125 Å². The van der Waals surface area contributed by atoms with Crippen LogP contribution in [0.3, 0.4) is 0 Å². The lowest BCUT2D eigenvalue weighted by Gasteiger charge is -2.32. The molecule has 0 amide bonds. The van der Waals surface area contributed by atoms with Gasteiger partial charge in [0.2, 0.25) is 0 Å². The van der Waals surface area contributed by atoms with Crippen molar-refractivity contribution >= 4 is 29.8 Å². The summed E-state index contributed by atoms with van der Waals surface area (Å²) in [5.41, 5.74) is 6.16. The summed E-state index contributed by atoms with van der Waals surface area (Å²) in [6.07, 6.45) is 12.4. The molecule has 0 radical (unpaired) electrons. The smallest absolute Gasteiger partial charge is 0.333 e. The van der Waals surface area contributed by atoms with Gasteiger partial charge < -0.3 is 33.2 Å². The van der Waals surface area contributed by atoms with Crippen LogP contribution in [0.15, 0.2) is 91.0 Å². The van der Waals surface area contributed by atoms with Crippen LogP contribution in [0.5, 0.6) is 5.75 Å². The molecule has 4 aromatic carbocycles. The number of hydrogen-bond donors (Lipinski definition) is 0. The minimum absolute atomic E-state index is 0.0154. The summed E-state index contributed by atoms with van der Waals surface area (Å²) in [7, 11) is 2.63. The van der Waals surface area contributed by atoms with Gasteiger partial charge >= 0.3 is 29.8 Å². The molecule has 1 fully saturated rings. The van der Waals surface area contributed by atoms with Crippen molar-refractivity contribution in [2.24, 2.45) is 11.3 Å². The lowest BCUT2D eigenvalue weighted by Crippen LogP contribution is -2.40. The van der Waals surface area contributed by atoms with Crippen molar-refractivity contribution in [1.29, 1.82) is 0 Å². The number of halogens is 2. The number of ether oxygens (including phenoxy) is 7. The molecule has 12 nitrogen and oxygen atoms in total. The zero-order chi connectivity index (χ0) is 58.2. The Bertz CT molecular complexity index is 2720. The normalized spacial score (nSPS) is 14.8. The maximum atomic E-state index is 16.4. The summed E-state index contributed by atoms with van der Waals surface area (Å²) in [5, 5.41) is 0. The van der Waals surface area contributed by atoms with Gasteiger partial charge in [-0.2, -0.15) is 0 Å². The molecule has 0 spiro atoms. The average molecular weight is 1110 g/mol. The van der Waals surface area contributed by atoms with E-state index in [2.05, 4.69) is 37.0 Å². The van der Waals surface area contributed by atoms with Crippen LogP contribution in [0.25, 0.3) is 33.4 Å². The quantitative estimate of drug-likeness (QED) is 0.0147. The summed E-state index contributed by atoms with van der Waals surface area (Å²) < 4.78 is 71.6. The number of esters is 5. The van der Waals surface area contributed by atoms with Crippen LogP contribution in [-0.4, -0.2) is 83.7 Å². The first kappa shape index (κ1) is 64.2. The Morgan fingerprint density at radius 1 is 0.600 bits per heavy atom. The second-order valence-corrected chi connectivity index (χ2v) is 21.4. The number of unbranched alkanes of at least 4 members (excludes halogenated alkanes) is 3. The Labute approximate surface area is 472 Å². The first-order valence-electron chi connectivity index (χ1n) is 28.5. The molecule has 1 atom stereocenters. The van der Waals surface area contributed by atoms with Crippen LogP contribution in [0, 0.1) is 23.0 Å². The maximum absolute atomic E-state index is 16.4. The van der Waals surface area contributed by atoms with Gasteiger partial charge in [0.25, 0.3) is 0 Å². The Morgan fingerprint density at radius 2 is 1.19 bits per heavy atom. The highest BCUT2D eigenvalue weighted by molar-refractivity contribution is 5.91. The van der Waals surface area contributed by atoms with Gasteiger partial charge in [0.15, 0.2) is 0 Å². The molecule has 434 valence electrons. The molecule has 1 aliphatic rings. The van der Waals surface area contributed by atoms with Crippen molar-refractivity contribution in [2.75, 3.05) is 53.9 Å². The van der Waals surface area contributed by atoms with Gasteiger partial charge in [0, 0.05) is 18.3 Å². The zero-order valence-corrected chi connectivity index (χ0v) is 48.3. The summed E-state index contributed by atoms with van der Waals surface area (Å²) >= 11 is 0. The number of carbonyl (C=O) groups excluding carboxylic acids is 5. The number of methoxy groups -OCH3 is 2. The molecule has 1 unspecified atom stereocenters. The fourth-order valence-corrected chi connectivity index (χ4v) is 10.1. The van der Waals surface area contributed by atoms with Gasteiger partial charge in [-0.1, -0.05) is 102 Å². The summed E-state index contributed by atoms with van der Waals surface area (Å²) in [4.78, 5) is 62.4. The first-order chi connectivity index (χ1) is 38.4. The predicted octanol–water partition coefficient (Wildman–Crippen LogP) is 14.3. The van der Waals surface area contributed by atoms with Crippen LogP contribution in [0.4, 0.5) is 8.78 Å². The molecule has 0 aromatic heterocycles.